The van der Waals surface area contributed by atoms with E-state index in [-0.39, 0.29) is 11.3 Å². The molecule has 2 aliphatic rings. The number of rotatable bonds is 9. The summed E-state index contributed by atoms with van der Waals surface area (Å²) in [6.45, 7) is 7.60. The fourth-order valence-electron chi connectivity index (χ4n) is 7.06. The summed E-state index contributed by atoms with van der Waals surface area (Å²) in [7, 11) is 0. The second-order valence-corrected chi connectivity index (χ2v) is 13.2. The fraction of sp³-hybridized carbons (Fsp3) is 0.371. The number of nitrogens with zero attached hydrogens (tertiary/aromatic N) is 8. The zero-order valence-corrected chi connectivity index (χ0v) is 27.3. The number of benzene rings is 3. The standard InChI is InChI=1S/C35H38Cl2N8O/c36-29-12-11-28(25-30(29)37)35(14-19-43(26-35)33(46)27-7-2-1-3-8-27)13-18-41-16-6-17-42(22-21-41)34-39-31-9-4-5-10-32(31)45(34)24-23-44-20-15-38-40-44/h1-5,7-12,15,20,25H,6,13-14,16-19,21-24,26H2. The predicted molar refractivity (Wildman–Crippen MR) is 183 cm³/mol. The Labute approximate surface area is 279 Å². The number of carbonyl (C=O) groups excluding carboxylic acids is 1. The Bertz CT molecular complexity index is 1790. The van der Waals surface area contributed by atoms with E-state index in [9.17, 15) is 4.79 Å². The molecular weight excluding hydrogens is 619 g/mol. The summed E-state index contributed by atoms with van der Waals surface area (Å²) < 4.78 is 4.19. The van der Waals surface area contributed by atoms with Crippen LogP contribution in [-0.4, -0.2) is 86.1 Å². The van der Waals surface area contributed by atoms with Crippen LogP contribution in [0.3, 0.4) is 0 Å². The normalized spacial score (nSPS) is 19.2. The van der Waals surface area contributed by atoms with Crippen molar-refractivity contribution < 1.29 is 4.79 Å². The summed E-state index contributed by atoms with van der Waals surface area (Å²) in [5.74, 6) is 1.10. The molecule has 2 aliphatic heterocycles. The molecule has 2 fully saturated rings. The molecule has 3 aromatic carbocycles. The average molecular weight is 658 g/mol. The lowest BCUT2D eigenvalue weighted by molar-refractivity contribution is 0.0781. The van der Waals surface area contributed by atoms with Crippen LogP contribution < -0.4 is 4.90 Å². The first kappa shape index (κ1) is 30.7. The smallest absolute Gasteiger partial charge is 0.253 e. The quantitative estimate of drug-likeness (QED) is 0.193. The molecule has 1 atom stereocenters. The highest BCUT2D eigenvalue weighted by Gasteiger charge is 2.42. The van der Waals surface area contributed by atoms with Gasteiger partial charge in [-0.2, -0.15) is 0 Å². The molecule has 0 N–H and O–H groups in total. The average Bonchev–Trinajstić information content (AvgIpc) is 3.81. The molecule has 1 amide bonds. The predicted octanol–water partition coefficient (Wildman–Crippen LogP) is 6.02. The number of anilines is 1. The number of hydrogen-bond donors (Lipinski definition) is 0. The first-order valence-electron chi connectivity index (χ1n) is 16.1. The number of carbonyl (C=O) groups is 1. The van der Waals surface area contributed by atoms with Crippen LogP contribution in [0.4, 0.5) is 5.95 Å². The number of fused-ring (bicyclic) bond motifs is 1. The van der Waals surface area contributed by atoms with Crippen LogP contribution in [0, 0.1) is 0 Å². The second kappa shape index (κ2) is 13.4. The molecule has 0 bridgehead atoms. The van der Waals surface area contributed by atoms with Crippen molar-refractivity contribution in [1.82, 2.24) is 34.3 Å². The van der Waals surface area contributed by atoms with Gasteiger partial charge in [-0.3, -0.25) is 9.48 Å². The Morgan fingerprint density at radius 3 is 2.52 bits per heavy atom. The highest BCUT2D eigenvalue weighted by molar-refractivity contribution is 6.42. The number of amides is 1. The molecule has 4 heterocycles. The number of aryl methyl sites for hydroxylation is 2. The summed E-state index contributed by atoms with van der Waals surface area (Å²) in [6.07, 6.45) is 6.48. The zero-order valence-electron chi connectivity index (χ0n) is 25.8. The van der Waals surface area contributed by atoms with Gasteiger partial charge in [0, 0.05) is 56.4 Å². The summed E-state index contributed by atoms with van der Waals surface area (Å²) in [5, 5.41) is 9.23. The van der Waals surface area contributed by atoms with Crippen molar-refractivity contribution in [3.05, 3.63) is 106 Å². The van der Waals surface area contributed by atoms with E-state index in [1.807, 2.05) is 64.3 Å². The van der Waals surface area contributed by atoms with E-state index < -0.39 is 0 Å². The molecule has 2 aromatic heterocycles. The number of aromatic nitrogens is 5. The Kier molecular flexibility index (Phi) is 8.97. The molecule has 0 spiro atoms. The highest BCUT2D eigenvalue weighted by Crippen LogP contribution is 2.41. The highest BCUT2D eigenvalue weighted by atomic mass is 35.5. The number of para-hydroxylation sites is 2. The van der Waals surface area contributed by atoms with Gasteiger partial charge in [-0.15, -0.1) is 5.10 Å². The Balaban J connectivity index is 1.07. The van der Waals surface area contributed by atoms with Gasteiger partial charge in [-0.25, -0.2) is 4.98 Å². The zero-order chi connectivity index (χ0) is 31.5. The van der Waals surface area contributed by atoms with Gasteiger partial charge in [-0.1, -0.05) is 64.8 Å². The van der Waals surface area contributed by atoms with Crippen LogP contribution in [-0.2, 0) is 18.5 Å². The SMILES string of the molecule is O=C(c1ccccc1)N1CCC(CCN2CCCN(c3nc4ccccc4n3CCn3ccnn3)CC2)(c2ccc(Cl)c(Cl)c2)C1. The van der Waals surface area contributed by atoms with Crippen molar-refractivity contribution in [2.45, 2.75) is 37.8 Å². The van der Waals surface area contributed by atoms with Gasteiger partial charge in [0.25, 0.3) is 5.91 Å². The van der Waals surface area contributed by atoms with Gasteiger partial charge < -0.3 is 19.3 Å². The van der Waals surface area contributed by atoms with E-state index in [1.54, 1.807) is 6.20 Å². The molecule has 2 saturated heterocycles. The van der Waals surface area contributed by atoms with E-state index in [4.69, 9.17) is 28.2 Å². The van der Waals surface area contributed by atoms with E-state index in [0.29, 0.717) is 23.1 Å². The Morgan fingerprint density at radius 2 is 1.70 bits per heavy atom. The van der Waals surface area contributed by atoms with Gasteiger partial charge in [0.15, 0.2) is 0 Å². The molecule has 9 nitrogen and oxygen atoms in total. The van der Waals surface area contributed by atoms with Crippen molar-refractivity contribution in [2.75, 3.05) is 50.7 Å². The summed E-state index contributed by atoms with van der Waals surface area (Å²) >= 11 is 12.9. The van der Waals surface area contributed by atoms with Crippen molar-refractivity contribution in [2.24, 2.45) is 0 Å². The van der Waals surface area contributed by atoms with Gasteiger partial charge in [0.2, 0.25) is 5.95 Å². The van der Waals surface area contributed by atoms with Gasteiger partial charge in [0.1, 0.15) is 0 Å². The van der Waals surface area contributed by atoms with Gasteiger partial charge >= 0.3 is 0 Å². The van der Waals surface area contributed by atoms with E-state index >= 15 is 0 Å². The van der Waals surface area contributed by atoms with Crippen LogP contribution in [0.15, 0.2) is 85.2 Å². The van der Waals surface area contributed by atoms with Crippen LogP contribution >= 0.6 is 23.2 Å². The monoisotopic (exact) mass is 656 g/mol. The van der Waals surface area contributed by atoms with Crippen molar-refractivity contribution in [1.29, 1.82) is 0 Å². The summed E-state index contributed by atoms with van der Waals surface area (Å²) in [5.41, 5.74) is 3.84. The third kappa shape index (κ3) is 6.36. The maximum atomic E-state index is 13.5. The maximum Gasteiger partial charge on any atom is 0.253 e. The lowest BCUT2D eigenvalue weighted by atomic mass is 9.76. The topological polar surface area (TPSA) is 75.3 Å². The minimum atomic E-state index is -0.194. The molecule has 5 aromatic rings. The second-order valence-electron chi connectivity index (χ2n) is 12.4. The van der Waals surface area contributed by atoms with Gasteiger partial charge in [0.05, 0.1) is 33.8 Å². The molecule has 7 rings (SSSR count). The minimum absolute atomic E-state index is 0.0830. The van der Waals surface area contributed by atoms with E-state index in [2.05, 4.69) is 48.9 Å². The third-order valence-corrected chi connectivity index (χ3v) is 10.4. The van der Waals surface area contributed by atoms with Crippen LogP contribution in [0.5, 0.6) is 0 Å². The fourth-order valence-corrected chi connectivity index (χ4v) is 7.36. The first-order valence-corrected chi connectivity index (χ1v) is 16.8. The molecular formula is C35H38Cl2N8O. The summed E-state index contributed by atoms with van der Waals surface area (Å²) in [4.78, 5) is 25.6. The number of imidazole rings is 1. The number of likely N-dealkylation sites (tertiary alicyclic amines) is 1. The van der Waals surface area contributed by atoms with Crippen molar-refractivity contribution in [3.63, 3.8) is 0 Å². The molecule has 11 heteroatoms. The molecule has 46 heavy (non-hydrogen) atoms. The molecule has 0 aliphatic carbocycles. The maximum absolute atomic E-state index is 13.5. The van der Waals surface area contributed by atoms with Crippen LogP contribution in [0.25, 0.3) is 11.0 Å². The lowest BCUT2D eigenvalue weighted by Gasteiger charge is -2.33. The number of hydrogen-bond acceptors (Lipinski definition) is 6. The first-order chi connectivity index (χ1) is 22.5. The molecule has 0 saturated carbocycles. The Morgan fingerprint density at radius 1 is 0.848 bits per heavy atom. The molecule has 238 valence electrons. The van der Waals surface area contributed by atoms with E-state index in [1.165, 1.54) is 0 Å². The van der Waals surface area contributed by atoms with Gasteiger partial charge in [-0.05, 0) is 74.3 Å². The Hall–Kier alpha value is -3.92. The molecule has 1 unspecified atom stereocenters. The summed E-state index contributed by atoms with van der Waals surface area (Å²) in [6, 6.07) is 23.9. The lowest BCUT2D eigenvalue weighted by Crippen LogP contribution is -2.39. The van der Waals surface area contributed by atoms with Crippen LogP contribution in [0.2, 0.25) is 10.0 Å². The van der Waals surface area contributed by atoms with Crippen molar-refractivity contribution >= 4 is 46.1 Å². The largest absolute Gasteiger partial charge is 0.341 e. The van der Waals surface area contributed by atoms with Crippen molar-refractivity contribution in [3.8, 4) is 0 Å². The minimum Gasteiger partial charge on any atom is -0.341 e. The number of halogens is 2. The third-order valence-electron chi connectivity index (χ3n) is 9.63. The van der Waals surface area contributed by atoms with E-state index in [0.717, 1.165) is 93.2 Å². The van der Waals surface area contributed by atoms with Crippen LogP contribution in [0.1, 0.15) is 35.2 Å². The molecule has 0 radical (unpaired) electrons.